The molecule has 1 heterocycles. The van der Waals surface area contributed by atoms with Crippen molar-refractivity contribution in [1.29, 1.82) is 0 Å². The van der Waals surface area contributed by atoms with Crippen LogP contribution < -0.4 is 4.90 Å². The third-order valence-electron chi connectivity index (χ3n) is 4.64. The second kappa shape index (κ2) is 5.93. The average Bonchev–Trinajstić information content (AvgIpc) is 3.02. The molecule has 3 heteroatoms. The number of anilines is 1. The quantitative estimate of drug-likeness (QED) is 0.903. The molecule has 1 aromatic carbocycles. The predicted molar refractivity (Wildman–Crippen MR) is 78.4 cm³/mol. The van der Waals surface area contributed by atoms with Crippen molar-refractivity contribution in [3.05, 3.63) is 29.8 Å². The monoisotopic (exact) mass is 260 g/mol. The van der Waals surface area contributed by atoms with E-state index in [0.717, 1.165) is 24.7 Å². The molecule has 2 fully saturated rings. The fourth-order valence-corrected chi connectivity index (χ4v) is 3.43. The van der Waals surface area contributed by atoms with Crippen LogP contribution in [0.2, 0.25) is 0 Å². The van der Waals surface area contributed by atoms with E-state index in [-0.39, 0.29) is 6.61 Å². The average molecular weight is 260 g/mol. The van der Waals surface area contributed by atoms with Crippen molar-refractivity contribution in [2.24, 2.45) is 0 Å². The van der Waals surface area contributed by atoms with Crippen LogP contribution in [0, 0.1) is 0 Å². The minimum absolute atomic E-state index is 0.135. The molecule has 0 radical (unpaired) electrons. The van der Waals surface area contributed by atoms with Crippen LogP contribution in [-0.4, -0.2) is 42.2 Å². The van der Waals surface area contributed by atoms with Gasteiger partial charge in [0, 0.05) is 37.9 Å². The second-order valence-corrected chi connectivity index (χ2v) is 5.79. The fraction of sp³-hybridized carbons (Fsp3) is 0.625. The van der Waals surface area contributed by atoms with E-state index in [1.807, 2.05) is 12.1 Å². The summed E-state index contributed by atoms with van der Waals surface area (Å²) >= 11 is 0. The SMILES string of the molecule is OCc1ccc(N2CCN(C3CCCC3)CC2)cc1. The normalized spacial score (nSPS) is 22.1. The van der Waals surface area contributed by atoms with E-state index in [1.54, 1.807) is 0 Å². The van der Waals surface area contributed by atoms with Gasteiger partial charge in [0.15, 0.2) is 0 Å². The van der Waals surface area contributed by atoms with Gasteiger partial charge in [-0.1, -0.05) is 25.0 Å². The lowest BCUT2D eigenvalue weighted by Gasteiger charge is -2.39. The lowest BCUT2D eigenvalue weighted by atomic mass is 10.1. The maximum Gasteiger partial charge on any atom is 0.0681 e. The summed E-state index contributed by atoms with van der Waals surface area (Å²) in [5.74, 6) is 0. The van der Waals surface area contributed by atoms with Gasteiger partial charge in [-0.15, -0.1) is 0 Å². The topological polar surface area (TPSA) is 26.7 Å². The van der Waals surface area contributed by atoms with Gasteiger partial charge in [0.1, 0.15) is 0 Å². The van der Waals surface area contributed by atoms with Gasteiger partial charge in [-0.2, -0.15) is 0 Å². The molecule has 3 nitrogen and oxygen atoms in total. The zero-order valence-electron chi connectivity index (χ0n) is 11.6. The van der Waals surface area contributed by atoms with Gasteiger partial charge in [-0.05, 0) is 30.5 Å². The van der Waals surface area contributed by atoms with Crippen LogP contribution in [0.4, 0.5) is 5.69 Å². The van der Waals surface area contributed by atoms with Gasteiger partial charge >= 0.3 is 0 Å². The molecule has 3 rings (SSSR count). The van der Waals surface area contributed by atoms with Crippen LogP contribution in [0.1, 0.15) is 31.2 Å². The Bertz CT molecular complexity index is 390. The van der Waals surface area contributed by atoms with E-state index in [1.165, 1.54) is 44.5 Å². The maximum absolute atomic E-state index is 9.07. The van der Waals surface area contributed by atoms with Crippen LogP contribution >= 0.6 is 0 Å². The zero-order chi connectivity index (χ0) is 13.1. The molecule has 0 bridgehead atoms. The van der Waals surface area contributed by atoms with Crippen molar-refractivity contribution < 1.29 is 5.11 Å². The van der Waals surface area contributed by atoms with Crippen LogP contribution in [0.3, 0.4) is 0 Å². The Hall–Kier alpha value is -1.06. The van der Waals surface area contributed by atoms with Gasteiger partial charge in [-0.25, -0.2) is 0 Å². The molecule has 0 amide bonds. The molecule has 1 aliphatic heterocycles. The maximum atomic E-state index is 9.07. The molecule has 1 N–H and O–H groups in total. The summed E-state index contributed by atoms with van der Waals surface area (Å²) in [4.78, 5) is 5.15. The van der Waals surface area contributed by atoms with E-state index in [0.29, 0.717) is 0 Å². The number of hydrogen-bond acceptors (Lipinski definition) is 3. The van der Waals surface area contributed by atoms with Crippen LogP contribution in [0.5, 0.6) is 0 Å². The van der Waals surface area contributed by atoms with Crippen molar-refractivity contribution in [1.82, 2.24) is 4.90 Å². The summed E-state index contributed by atoms with van der Waals surface area (Å²) in [6.45, 7) is 4.80. The molecule has 1 aliphatic carbocycles. The highest BCUT2D eigenvalue weighted by atomic mass is 16.3. The number of nitrogens with zero attached hydrogens (tertiary/aromatic N) is 2. The molecule has 2 aliphatic rings. The highest BCUT2D eigenvalue weighted by molar-refractivity contribution is 5.48. The molecule has 104 valence electrons. The Kier molecular flexibility index (Phi) is 4.04. The van der Waals surface area contributed by atoms with E-state index in [4.69, 9.17) is 5.11 Å². The molecular formula is C16H24N2O. The highest BCUT2D eigenvalue weighted by Crippen LogP contribution is 2.25. The Morgan fingerprint density at radius 3 is 2.16 bits per heavy atom. The fourth-order valence-electron chi connectivity index (χ4n) is 3.43. The molecular weight excluding hydrogens is 236 g/mol. The van der Waals surface area contributed by atoms with Crippen molar-refractivity contribution in [3.63, 3.8) is 0 Å². The van der Waals surface area contributed by atoms with E-state index < -0.39 is 0 Å². The van der Waals surface area contributed by atoms with Crippen molar-refractivity contribution >= 4 is 5.69 Å². The summed E-state index contributed by atoms with van der Waals surface area (Å²) in [6, 6.07) is 9.18. The Morgan fingerprint density at radius 1 is 0.947 bits per heavy atom. The molecule has 19 heavy (non-hydrogen) atoms. The summed E-state index contributed by atoms with van der Waals surface area (Å²) in [7, 11) is 0. The Labute approximate surface area is 115 Å². The summed E-state index contributed by atoms with van der Waals surface area (Å²) in [5, 5.41) is 9.07. The Morgan fingerprint density at radius 2 is 1.58 bits per heavy atom. The van der Waals surface area contributed by atoms with Gasteiger partial charge in [0.05, 0.1) is 6.61 Å². The number of aliphatic hydroxyl groups excluding tert-OH is 1. The van der Waals surface area contributed by atoms with E-state index in [2.05, 4.69) is 21.9 Å². The highest BCUT2D eigenvalue weighted by Gasteiger charge is 2.25. The van der Waals surface area contributed by atoms with Crippen molar-refractivity contribution in [2.45, 2.75) is 38.3 Å². The Balaban J connectivity index is 1.56. The first kappa shape index (κ1) is 12.9. The third-order valence-corrected chi connectivity index (χ3v) is 4.64. The summed E-state index contributed by atoms with van der Waals surface area (Å²) < 4.78 is 0. The second-order valence-electron chi connectivity index (χ2n) is 5.79. The standard InChI is InChI=1S/C16H24N2O/c19-13-14-5-7-16(8-6-14)18-11-9-17(10-12-18)15-3-1-2-4-15/h5-8,15,19H,1-4,9-13H2. The lowest BCUT2D eigenvalue weighted by molar-refractivity contribution is 0.187. The first-order valence-electron chi connectivity index (χ1n) is 7.55. The number of piperazine rings is 1. The van der Waals surface area contributed by atoms with Gasteiger partial charge in [0.2, 0.25) is 0 Å². The summed E-state index contributed by atoms with van der Waals surface area (Å²) in [5.41, 5.74) is 2.29. The molecule has 0 unspecified atom stereocenters. The number of rotatable bonds is 3. The van der Waals surface area contributed by atoms with Crippen molar-refractivity contribution in [3.8, 4) is 0 Å². The molecule has 0 spiro atoms. The zero-order valence-corrected chi connectivity index (χ0v) is 11.6. The number of aliphatic hydroxyl groups is 1. The molecule has 1 saturated carbocycles. The lowest BCUT2D eigenvalue weighted by Crippen LogP contribution is -2.49. The first-order valence-corrected chi connectivity index (χ1v) is 7.55. The number of hydrogen-bond donors (Lipinski definition) is 1. The van der Waals surface area contributed by atoms with Crippen LogP contribution in [0.25, 0.3) is 0 Å². The molecule has 1 aromatic rings. The van der Waals surface area contributed by atoms with Crippen molar-refractivity contribution in [2.75, 3.05) is 31.1 Å². The minimum atomic E-state index is 0.135. The molecule has 1 saturated heterocycles. The van der Waals surface area contributed by atoms with Gasteiger partial charge < -0.3 is 10.0 Å². The molecule has 0 aromatic heterocycles. The first-order chi connectivity index (χ1) is 9.36. The summed E-state index contributed by atoms with van der Waals surface area (Å²) in [6.07, 6.45) is 5.66. The van der Waals surface area contributed by atoms with Crippen LogP contribution in [0.15, 0.2) is 24.3 Å². The van der Waals surface area contributed by atoms with E-state index in [9.17, 15) is 0 Å². The van der Waals surface area contributed by atoms with Gasteiger partial charge in [-0.3, -0.25) is 4.90 Å². The minimum Gasteiger partial charge on any atom is -0.392 e. The molecule has 0 atom stereocenters. The largest absolute Gasteiger partial charge is 0.392 e. The smallest absolute Gasteiger partial charge is 0.0681 e. The van der Waals surface area contributed by atoms with Gasteiger partial charge in [0.25, 0.3) is 0 Å². The third kappa shape index (κ3) is 2.93. The predicted octanol–water partition coefficient (Wildman–Crippen LogP) is 2.24. The van der Waals surface area contributed by atoms with E-state index >= 15 is 0 Å². The number of benzene rings is 1. The van der Waals surface area contributed by atoms with Crippen LogP contribution in [-0.2, 0) is 6.61 Å².